The van der Waals surface area contributed by atoms with Crippen LogP contribution in [0, 0.1) is 0 Å². The van der Waals surface area contributed by atoms with Crippen molar-refractivity contribution in [3.63, 3.8) is 0 Å². The van der Waals surface area contributed by atoms with Crippen LogP contribution in [0.25, 0.3) is 0 Å². The van der Waals surface area contributed by atoms with Crippen molar-refractivity contribution >= 4 is 17.5 Å². The zero-order chi connectivity index (χ0) is 19.7. The summed E-state index contributed by atoms with van der Waals surface area (Å²) < 4.78 is 7.78. The van der Waals surface area contributed by atoms with E-state index in [1.165, 1.54) is 0 Å². The first-order valence-corrected chi connectivity index (χ1v) is 9.94. The molecule has 3 aromatic rings. The van der Waals surface area contributed by atoms with Crippen molar-refractivity contribution in [1.82, 2.24) is 19.7 Å². The number of nitrogens with zero attached hydrogens (tertiary/aromatic N) is 4. The Hall–Kier alpha value is -2.60. The topological polar surface area (TPSA) is 64.2 Å². The average Bonchev–Trinajstić information content (AvgIpc) is 3.41. The lowest BCUT2D eigenvalue weighted by Gasteiger charge is -2.23. The highest BCUT2D eigenvalue weighted by molar-refractivity contribution is 6.30. The monoisotopic (exact) mass is 398 g/mol. The molecule has 0 aliphatic carbocycles. The van der Waals surface area contributed by atoms with Crippen LogP contribution in [0.5, 0.6) is 0 Å². The molecule has 1 fully saturated rings. The Morgan fingerprint density at radius 2 is 2.21 bits per heavy atom. The van der Waals surface area contributed by atoms with Crippen molar-refractivity contribution in [3.05, 3.63) is 70.7 Å². The van der Waals surface area contributed by atoms with Gasteiger partial charge in [-0.25, -0.2) is 4.98 Å². The van der Waals surface area contributed by atoms with Gasteiger partial charge in [-0.1, -0.05) is 23.7 Å². The molecule has 3 heterocycles. The molecule has 1 atom stereocenters. The van der Waals surface area contributed by atoms with Crippen molar-refractivity contribution in [1.29, 1.82) is 0 Å². The van der Waals surface area contributed by atoms with E-state index >= 15 is 0 Å². The molecule has 28 heavy (non-hydrogen) atoms. The second kappa shape index (κ2) is 7.80. The Labute approximate surface area is 169 Å². The van der Waals surface area contributed by atoms with Gasteiger partial charge in [0.15, 0.2) is 0 Å². The van der Waals surface area contributed by atoms with Crippen molar-refractivity contribution in [2.24, 2.45) is 0 Å². The molecule has 1 aliphatic rings. The Morgan fingerprint density at radius 1 is 1.36 bits per heavy atom. The summed E-state index contributed by atoms with van der Waals surface area (Å²) >= 11 is 6.06. The van der Waals surface area contributed by atoms with E-state index in [4.69, 9.17) is 16.0 Å². The minimum Gasteiger partial charge on any atom is -0.443 e. The number of benzene rings is 1. The van der Waals surface area contributed by atoms with Crippen molar-refractivity contribution in [3.8, 4) is 0 Å². The summed E-state index contributed by atoms with van der Waals surface area (Å²) in [5, 5.41) is 4.98. The van der Waals surface area contributed by atoms with Gasteiger partial charge in [0.2, 0.25) is 5.89 Å². The summed E-state index contributed by atoms with van der Waals surface area (Å²) in [5.74, 6) is 1.34. The Balaban J connectivity index is 1.53. The zero-order valence-electron chi connectivity index (χ0n) is 16.0. The Kier molecular flexibility index (Phi) is 5.22. The SMILES string of the molecule is CC(C)n1nccc1C(=O)N1CCC[C@H]1c1ncc(Cc2cccc(Cl)c2)o1. The third-order valence-electron chi connectivity index (χ3n) is 5.02. The molecule has 0 unspecified atom stereocenters. The van der Waals surface area contributed by atoms with Crippen LogP contribution in [0.2, 0.25) is 5.02 Å². The highest BCUT2D eigenvalue weighted by atomic mass is 35.5. The summed E-state index contributed by atoms with van der Waals surface area (Å²) in [6, 6.07) is 9.45. The van der Waals surface area contributed by atoms with Gasteiger partial charge in [0.05, 0.1) is 6.20 Å². The van der Waals surface area contributed by atoms with Gasteiger partial charge < -0.3 is 9.32 Å². The minimum atomic E-state index is -0.142. The number of hydrogen-bond acceptors (Lipinski definition) is 4. The van der Waals surface area contributed by atoms with E-state index < -0.39 is 0 Å². The van der Waals surface area contributed by atoms with Crippen molar-refractivity contribution < 1.29 is 9.21 Å². The maximum atomic E-state index is 13.1. The minimum absolute atomic E-state index is 0.0247. The van der Waals surface area contributed by atoms with E-state index in [2.05, 4.69) is 10.1 Å². The fourth-order valence-electron chi connectivity index (χ4n) is 3.72. The molecule has 6 nitrogen and oxygen atoms in total. The number of likely N-dealkylation sites (tertiary alicyclic amines) is 1. The van der Waals surface area contributed by atoms with Gasteiger partial charge in [-0.2, -0.15) is 5.10 Å². The highest BCUT2D eigenvalue weighted by Crippen LogP contribution is 2.33. The molecule has 0 saturated carbocycles. The first-order chi connectivity index (χ1) is 13.5. The van der Waals surface area contributed by atoms with Crippen LogP contribution in [0.1, 0.15) is 66.5 Å². The van der Waals surface area contributed by atoms with Crippen molar-refractivity contribution in [2.75, 3.05) is 6.54 Å². The summed E-state index contributed by atoms with van der Waals surface area (Å²) in [7, 11) is 0. The maximum absolute atomic E-state index is 13.1. The van der Waals surface area contributed by atoms with E-state index in [1.54, 1.807) is 23.1 Å². The highest BCUT2D eigenvalue weighted by Gasteiger charge is 2.35. The van der Waals surface area contributed by atoms with Gasteiger partial charge in [0, 0.05) is 30.2 Å². The molecular formula is C21H23ClN4O2. The first-order valence-electron chi connectivity index (χ1n) is 9.56. The molecule has 4 rings (SSSR count). The number of amides is 1. The first kappa shape index (κ1) is 18.7. The lowest BCUT2D eigenvalue weighted by atomic mass is 10.1. The summed E-state index contributed by atoms with van der Waals surface area (Å²) in [4.78, 5) is 19.5. The molecule has 1 amide bonds. The number of aromatic nitrogens is 3. The third kappa shape index (κ3) is 3.69. The van der Waals surface area contributed by atoms with Gasteiger partial charge >= 0.3 is 0 Å². The fourth-order valence-corrected chi connectivity index (χ4v) is 3.93. The van der Waals surface area contributed by atoms with E-state index in [0.29, 0.717) is 29.6 Å². The molecule has 2 aromatic heterocycles. The molecule has 0 spiro atoms. The van der Waals surface area contributed by atoms with Crippen molar-refractivity contribution in [2.45, 2.75) is 45.2 Å². The van der Waals surface area contributed by atoms with E-state index in [1.807, 2.05) is 43.0 Å². The summed E-state index contributed by atoms with van der Waals surface area (Å²) in [6.45, 7) is 4.72. The number of carbonyl (C=O) groups is 1. The Bertz CT molecular complexity index is 978. The Morgan fingerprint density at radius 3 is 3.00 bits per heavy atom. The summed E-state index contributed by atoms with van der Waals surface area (Å²) in [6.07, 6.45) is 5.81. The molecule has 7 heteroatoms. The van der Waals surface area contributed by atoms with E-state index in [9.17, 15) is 4.79 Å². The predicted octanol–water partition coefficient (Wildman–Crippen LogP) is 4.67. The smallest absolute Gasteiger partial charge is 0.272 e. The molecule has 0 radical (unpaired) electrons. The predicted molar refractivity (Wildman–Crippen MR) is 106 cm³/mol. The summed E-state index contributed by atoms with van der Waals surface area (Å²) in [5.41, 5.74) is 1.67. The normalized spacial score (nSPS) is 16.9. The van der Waals surface area contributed by atoms with Gasteiger partial charge in [-0.3, -0.25) is 9.48 Å². The molecular weight excluding hydrogens is 376 g/mol. The van der Waals surface area contributed by atoms with Gasteiger partial charge in [-0.15, -0.1) is 0 Å². The average molecular weight is 399 g/mol. The van der Waals surface area contributed by atoms with E-state index in [-0.39, 0.29) is 18.0 Å². The number of oxazole rings is 1. The number of carbonyl (C=O) groups excluding carboxylic acids is 1. The lowest BCUT2D eigenvalue weighted by Crippen LogP contribution is -2.32. The molecule has 1 aromatic carbocycles. The fraction of sp³-hybridized carbons (Fsp3) is 0.381. The van der Waals surface area contributed by atoms with Crippen LogP contribution in [-0.4, -0.2) is 32.1 Å². The van der Waals surface area contributed by atoms with Gasteiger partial charge in [0.25, 0.3) is 5.91 Å². The van der Waals surface area contributed by atoms with Crippen LogP contribution < -0.4 is 0 Å². The van der Waals surface area contributed by atoms with E-state index in [0.717, 1.165) is 24.2 Å². The number of rotatable bonds is 5. The van der Waals surface area contributed by atoms with Crippen LogP contribution in [0.4, 0.5) is 0 Å². The largest absolute Gasteiger partial charge is 0.443 e. The number of hydrogen-bond donors (Lipinski definition) is 0. The molecule has 146 valence electrons. The second-order valence-corrected chi connectivity index (χ2v) is 7.82. The van der Waals surface area contributed by atoms with Crippen LogP contribution >= 0.6 is 11.6 Å². The van der Waals surface area contributed by atoms with Crippen LogP contribution in [0.15, 0.2) is 47.1 Å². The molecule has 1 aliphatic heterocycles. The van der Waals surface area contributed by atoms with Crippen LogP contribution in [-0.2, 0) is 6.42 Å². The van der Waals surface area contributed by atoms with Gasteiger partial charge in [0.1, 0.15) is 17.5 Å². The molecule has 1 saturated heterocycles. The lowest BCUT2D eigenvalue weighted by molar-refractivity contribution is 0.0700. The maximum Gasteiger partial charge on any atom is 0.272 e. The van der Waals surface area contributed by atoms with Gasteiger partial charge in [-0.05, 0) is 50.5 Å². The van der Waals surface area contributed by atoms with Crippen LogP contribution in [0.3, 0.4) is 0 Å². The third-order valence-corrected chi connectivity index (χ3v) is 5.25. The second-order valence-electron chi connectivity index (χ2n) is 7.38. The molecule has 0 bridgehead atoms. The standard InChI is InChI=1S/C21H23ClN4O2/c1-14(2)26-19(8-9-24-26)21(27)25-10-4-7-18(25)20-23-13-17(28-20)12-15-5-3-6-16(22)11-15/h3,5-6,8-9,11,13-14,18H,4,7,10,12H2,1-2H3/t18-/m0/s1. The number of halogens is 1. The molecule has 0 N–H and O–H groups in total. The zero-order valence-corrected chi connectivity index (χ0v) is 16.8. The quantitative estimate of drug-likeness (QED) is 0.626.